The summed E-state index contributed by atoms with van der Waals surface area (Å²) in [5.74, 6) is -2.14. The molecule has 5 nitrogen and oxygen atoms in total. The molecule has 1 atom stereocenters. The average molecular weight is 493 g/mol. The Morgan fingerprint density at radius 1 is 1.17 bits per heavy atom. The quantitative estimate of drug-likeness (QED) is 0.571. The van der Waals surface area contributed by atoms with E-state index in [0.29, 0.717) is 51.3 Å². The standard InChI is InChI=1S/C25H24F5N3O2/c1-35-14-17-13-33(23(34)20-10-18(26)3-5-22(20)27)15-24(17)6-8-32(9-7-24)19-4-2-16(12-31)21(11-19)25(28,29)30/h2-5,10-11,17H,6-9,13-15H2,1H3. The minimum atomic E-state index is -4.64. The number of piperidine rings is 1. The molecule has 1 unspecified atom stereocenters. The maximum atomic E-state index is 14.2. The van der Waals surface area contributed by atoms with Gasteiger partial charge in [-0.25, -0.2) is 8.78 Å². The van der Waals surface area contributed by atoms with Gasteiger partial charge in [-0.1, -0.05) is 0 Å². The van der Waals surface area contributed by atoms with Crippen LogP contribution in [0, 0.1) is 34.3 Å². The van der Waals surface area contributed by atoms with Crippen LogP contribution in [0.25, 0.3) is 0 Å². The minimum absolute atomic E-state index is 0.0538. The highest BCUT2D eigenvalue weighted by atomic mass is 19.4. The first kappa shape index (κ1) is 24.9. The molecule has 0 saturated carbocycles. The van der Waals surface area contributed by atoms with Gasteiger partial charge in [0.2, 0.25) is 0 Å². The Balaban J connectivity index is 1.53. The number of hydrogen-bond acceptors (Lipinski definition) is 4. The van der Waals surface area contributed by atoms with Crippen molar-refractivity contribution in [3.63, 3.8) is 0 Å². The molecule has 2 saturated heterocycles. The largest absolute Gasteiger partial charge is 0.417 e. The molecule has 1 spiro atoms. The highest BCUT2D eigenvalue weighted by Crippen LogP contribution is 2.46. The maximum Gasteiger partial charge on any atom is 0.417 e. The van der Waals surface area contributed by atoms with Crippen molar-refractivity contribution in [2.45, 2.75) is 19.0 Å². The number of alkyl halides is 3. The number of anilines is 1. The van der Waals surface area contributed by atoms with Gasteiger partial charge in [-0.05, 0) is 54.7 Å². The van der Waals surface area contributed by atoms with E-state index in [2.05, 4.69) is 0 Å². The lowest BCUT2D eigenvalue weighted by Gasteiger charge is -2.43. The van der Waals surface area contributed by atoms with E-state index >= 15 is 0 Å². The Bertz CT molecular complexity index is 1150. The molecular weight excluding hydrogens is 469 g/mol. The zero-order valence-electron chi connectivity index (χ0n) is 19.0. The van der Waals surface area contributed by atoms with E-state index in [4.69, 9.17) is 10.00 Å². The molecule has 2 aromatic rings. The lowest BCUT2D eigenvalue weighted by Crippen LogP contribution is -2.45. The summed E-state index contributed by atoms with van der Waals surface area (Å²) in [4.78, 5) is 16.4. The summed E-state index contributed by atoms with van der Waals surface area (Å²) in [5, 5.41) is 9.03. The number of nitriles is 1. The van der Waals surface area contributed by atoms with Gasteiger partial charge >= 0.3 is 6.18 Å². The van der Waals surface area contributed by atoms with Gasteiger partial charge in [-0.2, -0.15) is 18.4 Å². The lowest BCUT2D eigenvalue weighted by molar-refractivity contribution is -0.137. The van der Waals surface area contributed by atoms with Crippen LogP contribution in [0.5, 0.6) is 0 Å². The third-order valence-electron chi connectivity index (χ3n) is 7.18. The Morgan fingerprint density at radius 3 is 2.51 bits per heavy atom. The van der Waals surface area contributed by atoms with Crippen LogP contribution in [0.3, 0.4) is 0 Å². The van der Waals surface area contributed by atoms with E-state index in [-0.39, 0.29) is 16.9 Å². The van der Waals surface area contributed by atoms with Crippen LogP contribution in [0.1, 0.15) is 34.3 Å². The summed E-state index contributed by atoms with van der Waals surface area (Å²) in [5.41, 5.74) is -1.70. The number of methoxy groups -OCH3 is 1. The van der Waals surface area contributed by atoms with Crippen molar-refractivity contribution in [1.29, 1.82) is 5.26 Å². The monoisotopic (exact) mass is 493 g/mol. The molecule has 2 aliphatic heterocycles. The topological polar surface area (TPSA) is 56.6 Å². The van der Waals surface area contributed by atoms with Gasteiger partial charge in [0.05, 0.1) is 29.4 Å². The zero-order chi connectivity index (χ0) is 25.4. The molecule has 0 radical (unpaired) electrons. The number of ether oxygens (including phenoxy) is 1. The van der Waals surface area contributed by atoms with Crippen molar-refractivity contribution < 1.29 is 31.5 Å². The Kier molecular flexibility index (Phi) is 6.73. The number of hydrogen-bond donors (Lipinski definition) is 0. The Hall–Kier alpha value is -3.19. The third kappa shape index (κ3) is 4.82. The number of benzene rings is 2. The van der Waals surface area contributed by atoms with Crippen molar-refractivity contribution in [3.8, 4) is 6.07 Å². The SMILES string of the molecule is COCC1CN(C(=O)c2cc(F)ccc2F)CC12CCN(c1ccc(C#N)c(C(F)(F)F)c1)CC2. The molecule has 10 heteroatoms. The number of halogens is 5. The first-order valence-corrected chi connectivity index (χ1v) is 11.2. The van der Waals surface area contributed by atoms with Crippen LogP contribution >= 0.6 is 0 Å². The molecule has 1 amide bonds. The maximum absolute atomic E-state index is 14.2. The first-order valence-electron chi connectivity index (χ1n) is 11.2. The van der Waals surface area contributed by atoms with E-state index in [1.165, 1.54) is 17.0 Å². The van der Waals surface area contributed by atoms with E-state index in [0.717, 1.165) is 24.3 Å². The fourth-order valence-corrected chi connectivity index (χ4v) is 5.29. The molecule has 2 heterocycles. The normalized spacial score (nSPS) is 19.7. The van der Waals surface area contributed by atoms with Gasteiger partial charge in [0.15, 0.2) is 0 Å². The Morgan fingerprint density at radius 2 is 1.89 bits per heavy atom. The Labute approximate surface area is 199 Å². The average Bonchev–Trinajstić information content (AvgIpc) is 3.17. The third-order valence-corrected chi connectivity index (χ3v) is 7.18. The van der Waals surface area contributed by atoms with Gasteiger partial charge < -0.3 is 14.5 Å². The van der Waals surface area contributed by atoms with Crippen LogP contribution in [0.4, 0.5) is 27.6 Å². The molecule has 4 rings (SSSR count). The number of amides is 1. The van der Waals surface area contributed by atoms with Crippen molar-refractivity contribution >= 4 is 11.6 Å². The van der Waals surface area contributed by atoms with Gasteiger partial charge in [-0.3, -0.25) is 4.79 Å². The minimum Gasteiger partial charge on any atom is -0.384 e. The summed E-state index contributed by atoms with van der Waals surface area (Å²) in [7, 11) is 1.55. The molecule has 2 fully saturated rings. The second kappa shape index (κ2) is 9.46. The number of nitrogens with zero attached hydrogens (tertiary/aromatic N) is 3. The molecule has 0 bridgehead atoms. The van der Waals surface area contributed by atoms with E-state index in [1.807, 2.05) is 4.90 Å². The van der Waals surface area contributed by atoms with Crippen LogP contribution in [-0.2, 0) is 10.9 Å². The van der Waals surface area contributed by atoms with Crippen LogP contribution in [0.15, 0.2) is 36.4 Å². The second-order valence-electron chi connectivity index (χ2n) is 9.15. The molecule has 2 aliphatic rings. The number of carbonyl (C=O) groups is 1. The lowest BCUT2D eigenvalue weighted by atomic mass is 9.71. The summed E-state index contributed by atoms with van der Waals surface area (Å²) >= 11 is 0. The molecule has 0 N–H and O–H groups in total. The number of likely N-dealkylation sites (tertiary alicyclic amines) is 1. The molecule has 0 aromatic heterocycles. The molecule has 2 aromatic carbocycles. The van der Waals surface area contributed by atoms with Gasteiger partial charge in [0.1, 0.15) is 11.6 Å². The van der Waals surface area contributed by atoms with E-state index < -0.39 is 34.8 Å². The molecular formula is C25H24F5N3O2. The highest BCUT2D eigenvalue weighted by molar-refractivity contribution is 5.94. The fraction of sp³-hybridized carbons (Fsp3) is 0.440. The summed E-state index contributed by atoms with van der Waals surface area (Å²) in [6.07, 6.45) is -3.48. The number of rotatable bonds is 4. The fourth-order valence-electron chi connectivity index (χ4n) is 5.29. The van der Waals surface area contributed by atoms with Gasteiger partial charge in [-0.15, -0.1) is 0 Å². The molecule has 0 aliphatic carbocycles. The van der Waals surface area contributed by atoms with Gasteiger partial charge in [0.25, 0.3) is 5.91 Å². The predicted octanol–water partition coefficient (Wildman–Crippen LogP) is 4.86. The van der Waals surface area contributed by atoms with E-state index in [1.54, 1.807) is 13.2 Å². The van der Waals surface area contributed by atoms with Gasteiger partial charge in [0, 0.05) is 44.9 Å². The van der Waals surface area contributed by atoms with Crippen molar-refractivity contribution in [1.82, 2.24) is 4.90 Å². The van der Waals surface area contributed by atoms with Crippen molar-refractivity contribution in [2.24, 2.45) is 11.3 Å². The summed E-state index contributed by atoms with van der Waals surface area (Å²) < 4.78 is 73.4. The smallest absolute Gasteiger partial charge is 0.384 e. The van der Waals surface area contributed by atoms with Crippen LogP contribution in [0.2, 0.25) is 0 Å². The zero-order valence-corrected chi connectivity index (χ0v) is 19.0. The second-order valence-corrected chi connectivity index (χ2v) is 9.15. The predicted molar refractivity (Wildman–Crippen MR) is 118 cm³/mol. The highest BCUT2D eigenvalue weighted by Gasteiger charge is 2.49. The first-order chi connectivity index (χ1) is 16.6. The molecule has 35 heavy (non-hydrogen) atoms. The van der Waals surface area contributed by atoms with E-state index in [9.17, 15) is 26.7 Å². The number of carbonyl (C=O) groups excluding carboxylic acids is 1. The van der Waals surface area contributed by atoms with Crippen molar-refractivity contribution in [3.05, 3.63) is 64.7 Å². The molecule has 186 valence electrons. The summed E-state index contributed by atoms with van der Waals surface area (Å²) in [6, 6.07) is 8.04. The summed E-state index contributed by atoms with van der Waals surface area (Å²) in [6.45, 7) is 1.90. The van der Waals surface area contributed by atoms with Crippen LogP contribution in [-0.4, -0.2) is 50.7 Å². The van der Waals surface area contributed by atoms with Crippen LogP contribution < -0.4 is 4.90 Å². The van der Waals surface area contributed by atoms with Crippen molar-refractivity contribution in [2.75, 3.05) is 44.8 Å².